The van der Waals surface area contributed by atoms with E-state index in [0.29, 0.717) is 24.3 Å². The van der Waals surface area contributed by atoms with Gasteiger partial charge in [-0.3, -0.25) is 0 Å². The molecule has 1 unspecified atom stereocenters. The molecule has 0 saturated carbocycles. The molecule has 1 heterocycles. The lowest BCUT2D eigenvalue weighted by Crippen LogP contribution is -2.20. The van der Waals surface area contributed by atoms with Crippen molar-refractivity contribution in [3.63, 3.8) is 0 Å². The Labute approximate surface area is 177 Å². The molecule has 2 aromatic rings. The van der Waals surface area contributed by atoms with E-state index in [4.69, 9.17) is 9.84 Å². The monoisotopic (exact) mass is 423 g/mol. The number of hydrogen-bond acceptors (Lipinski definition) is 3. The Balaban J connectivity index is 0.00000155. The summed E-state index contributed by atoms with van der Waals surface area (Å²) in [4.78, 5) is 0. The summed E-state index contributed by atoms with van der Waals surface area (Å²) in [5.41, 5.74) is 1.13. The topological polar surface area (TPSA) is 41.5 Å². The van der Waals surface area contributed by atoms with Crippen molar-refractivity contribution in [2.75, 3.05) is 20.2 Å². The highest BCUT2D eigenvalue weighted by atomic mass is 19.4. The highest BCUT2D eigenvalue weighted by Gasteiger charge is 2.33. The lowest BCUT2D eigenvalue weighted by atomic mass is 9.99. The van der Waals surface area contributed by atoms with Crippen molar-refractivity contribution in [3.8, 4) is 5.75 Å². The van der Waals surface area contributed by atoms with Crippen molar-refractivity contribution in [3.05, 3.63) is 65.2 Å². The first-order chi connectivity index (χ1) is 14.5. The third-order valence-electron chi connectivity index (χ3n) is 5.21. The summed E-state index contributed by atoms with van der Waals surface area (Å²) >= 11 is 0. The molecular formula is C24H32F3NO2. The Hall–Kier alpha value is -2.05. The zero-order valence-corrected chi connectivity index (χ0v) is 17.5. The van der Waals surface area contributed by atoms with E-state index in [1.165, 1.54) is 11.6 Å². The Bertz CT molecular complexity index is 729. The van der Waals surface area contributed by atoms with Crippen LogP contribution in [0.3, 0.4) is 0 Å². The van der Waals surface area contributed by atoms with Crippen LogP contribution in [0.1, 0.15) is 48.8 Å². The zero-order chi connectivity index (χ0) is 21.8. The van der Waals surface area contributed by atoms with Crippen LogP contribution < -0.4 is 10.1 Å². The van der Waals surface area contributed by atoms with E-state index in [0.717, 1.165) is 52.2 Å². The van der Waals surface area contributed by atoms with Crippen LogP contribution in [-0.2, 0) is 19.0 Å². The Kier molecular flexibility index (Phi) is 10.2. The van der Waals surface area contributed by atoms with Crippen LogP contribution in [0.15, 0.2) is 48.5 Å². The van der Waals surface area contributed by atoms with Crippen LogP contribution in [0.2, 0.25) is 0 Å². The van der Waals surface area contributed by atoms with Gasteiger partial charge in [0.15, 0.2) is 0 Å². The van der Waals surface area contributed by atoms with Gasteiger partial charge in [-0.2, -0.15) is 13.2 Å². The van der Waals surface area contributed by atoms with Gasteiger partial charge in [-0.05, 0) is 61.9 Å². The van der Waals surface area contributed by atoms with Crippen molar-refractivity contribution in [1.82, 2.24) is 5.32 Å². The first-order valence-corrected chi connectivity index (χ1v) is 10.6. The average molecular weight is 424 g/mol. The smallest absolute Gasteiger partial charge is 0.416 e. The molecule has 6 heteroatoms. The second-order valence-electron chi connectivity index (χ2n) is 7.45. The van der Waals surface area contributed by atoms with E-state index in [-0.39, 0.29) is 6.10 Å². The van der Waals surface area contributed by atoms with Crippen LogP contribution in [0.4, 0.5) is 13.2 Å². The number of hydrogen-bond donors (Lipinski definition) is 2. The van der Waals surface area contributed by atoms with Gasteiger partial charge < -0.3 is 15.2 Å². The number of aryl methyl sites for hydroxylation is 2. The summed E-state index contributed by atoms with van der Waals surface area (Å²) in [6.45, 7) is 1.53. The molecule has 1 aliphatic rings. The molecule has 0 bridgehead atoms. The second-order valence-corrected chi connectivity index (χ2v) is 7.45. The number of unbranched alkanes of at least 4 members (excludes halogenated alkanes) is 3. The molecule has 166 valence electrons. The summed E-state index contributed by atoms with van der Waals surface area (Å²) < 4.78 is 46.2. The summed E-state index contributed by atoms with van der Waals surface area (Å²) in [6, 6.07) is 14.7. The quantitative estimate of drug-likeness (QED) is 0.531. The normalized spacial score (nSPS) is 16.1. The number of halogens is 3. The van der Waals surface area contributed by atoms with E-state index in [9.17, 15) is 13.2 Å². The number of aliphatic hydroxyl groups is 1. The Morgan fingerprint density at radius 1 is 0.967 bits per heavy atom. The van der Waals surface area contributed by atoms with Gasteiger partial charge in [0.1, 0.15) is 11.9 Å². The molecule has 30 heavy (non-hydrogen) atoms. The van der Waals surface area contributed by atoms with Crippen LogP contribution in [-0.4, -0.2) is 31.4 Å². The van der Waals surface area contributed by atoms with Gasteiger partial charge in [0.2, 0.25) is 0 Å². The predicted octanol–water partition coefficient (Wildman–Crippen LogP) is 5.40. The molecule has 0 spiro atoms. The number of nitrogens with one attached hydrogen (secondary N) is 1. The number of rotatable bonds is 9. The number of benzene rings is 2. The molecule has 1 atom stereocenters. The first kappa shape index (κ1) is 24.2. The molecule has 1 aliphatic heterocycles. The standard InChI is InChI=1S/C23H28F3NO.CH4O/c24-23(25,26)22-16-20(28-21-14-15-27-17-21)13-12-19(22)11-7-2-1-4-8-18-9-5-3-6-10-18;1-2/h3,5-6,9-10,12-13,16,21,27H,1-2,4,7-8,11,14-15,17H2;2H,1H3. The summed E-state index contributed by atoms with van der Waals surface area (Å²) in [7, 11) is 1.00. The van der Waals surface area contributed by atoms with Crippen molar-refractivity contribution < 1.29 is 23.0 Å². The van der Waals surface area contributed by atoms with Gasteiger partial charge >= 0.3 is 6.18 Å². The van der Waals surface area contributed by atoms with Gasteiger partial charge in [-0.25, -0.2) is 0 Å². The molecule has 2 aromatic carbocycles. The number of alkyl halides is 3. The summed E-state index contributed by atoms with van der Waals surface area (Å²) in [6.07, 6.45) is 1.71. The van der Waals surface area contributed by atoms with Gasteiger partial charge in [-0.1, -0.05) is 49.2 Å². The Morgan fingerprint density at radius 3 is 2.30 bits per heavy atom. The minimum Gasteiger partial charge on any atom is -0.489 e. The second kappa shape index (κ2) is 12.6. The Morgan fingerprint density at radius 2 is 1.67 bits per heavy atom. The molecule has 1 fully saturated rings. The lowest BCUT2D eigenvalue weighted by molar-refractivity contribution is -0.138. The average Bonchev–Trinajstić information content (AvgIpc) is 3.26. The van der Waals surface area contributed by atoms with Gasteiger partial charge in [0.25, 0.3) is 0 Å². The molecule has 0 amide bonds. The number of ether oxygens (including phenoxy) is 1. The van der Waals surface area contributed by atoms with Gasteiger partial charge in [0, 0.05) is 13.7 Å². The third kappa shape index (κ3) is 8.00. The van der Waals surface area contributed by atoms with Gasteiger partial charge in [0.05, 0.1) is 5.56 Å². The van der Waals surface area contributed by atoms with Crippen molar-refractivity contribution >= 4 is 0 Å². The molecule has 3 nitrogen and oxygen atoms in total. The van der Waals surface area contributed by atoms with Crippen molar-refractivity contribution in [2.24, 2.45) is 0 Å². The molecule has 2 N–H and O–H groups in total. The van der Waals surface area contributed by atoms with Crippen LogP contribution >= 0.6 is 0 Å². The third-order valence-corrected chi connectivity index (χ3v) is 5.21. The van der Waals surface area contributed by atoms with E-state index in [1.54, 1.807) is 12.1 Å². The maximum Gasteiger partial charge on any atom is 0.416 e. The van der Waals surface area contributed by atoms with Crippen molar-refractivity contribution in [1.29, 1.82) is 0 Å². The largest absolute Gasteiger partial charge is 0.489 e. The summed E-state index contributed by atoms with van der Waals surface area (Å²) in [5.74, 6) is 0.313. The van der Waals surface area contributed by atoms with E-state index >= 15 is 0 Å². The molecular weight excluding hydrogens is 391 g/mol. The van der Waals surface area contributed by atoms with E-state index < -0.39 is 11.7 Å². The van der Waals surface area contributed by atoms with E-state index in [2.05, 4.69) is 17.4 Å². The molecule has 1 saturated heterocycles. The molecule has 0 aliphatic carbocycles. The fourth-order valence-electron chi connectivity index (χ4n) is 3.67. The fourth-order valence-corrected chi connectivity index (χ4v) is 3.67. The van der Waals surface area contributed by atoms with E-state index in [1.807, 2.05) is 18.2 Å². The molecule has 0 aromatic heterocycles. The van der Waals surface area contributed by atoms with Crippen LogP contribution in [0, 0.1) is 0 Å². The fraction of sp³-hybridized carbons (Fsp3) is 0.500. The lowest BCUT2D eigenvalue weighted by Gasteiger charge is -2.17. The van der Waals surface area contributed by atoms with Gasteiger partial charge in [-0.15, -0.1) is 0 Å². The highest BCUT2D eigenvalue weighted by Crippen LogP contribution is 2.35. The maximum absolute atomic E-state index is 13.5. The maximum atomic E-state index is 13.5. The van der Waals surface area contributed by atoms with Crippen LogP contribution in [0.25, 0.3) is 0 Å². The van der Waals surface area contributed by atoms with Crippen LogP contribution in [0.5, 0.6) is 5.75 Å². The first-order valence-electron chi connectivity index (χ1n) is 10.6. The predicted molar refractivity (Wildman–Crippen MR) is 114 cm³/mol. The number of aliphatic hydroxyl groups excluding tert-OH is 1. The molecule has 3 rings (SSSR count). The minimum absolute atomic E-state index is 0.0449. The summed E-state index contributed by atoms with van der Waals surface area (Å²) in [5, 5.41) is 10.2. The molecule has 0 radical (unpaired) electrons. The SMILES string of the molecule is CO.FC(F)(F)c1cc(OC2CCNC2)ccc1CCCCCCc1ccccc1. The van der Waals surface area contributed by atoms with Crippen molar-refractivity contribution in [2.45, 2.75) is 57.2 Å². The zero-order valence-electron chi connectivity index (χ0n) is 17.5. The highest BCUT2D eigenvalue weighted by molar-refractivity contribution is 5.38. The minimum atomic E-state index is -4.35.